The van der Waals surface area contributed by atoms with E-state index in [1.165, 1.54) is 19.0 Å². The van der Waals surface area contributed by atoms with Gasteiger partial charge in [0.05, 0.1) is 11.2 Å². The van der Waals surface area contributed by atoms with E-state index in [0.717, 1.165) is 12.8 Å². The minimum absolute atomic E-state index is 0.147. The molecule has 1 aromatic rings. The highest BCUT2D eigenvalue weighted by atomic mass is 35.5. The van der Waals surface area contributed by atoms with E-state index in [4.69, 9.17) is 11.6 Å². The summed E-state index contributed by atoms with van der Waals surface area (Å²) in [6.07, 6.45) is 6.01. The molecule has 2 aliphatic rings. The third kappa shape index (κ3) is 2.01. The van der Waals surface area contributed by atoms with Crippen LogP contribution in [0.1, 0.15) is 36.2 Å². The molecule has 0 radical (unpaired) electrons. The Labute approximate surface area is 111 Å². The molecule has 0 spiro atoms. The fourth-order valence-corrected chi connectivity index (χ4v) is 3.39. The van der Waals surface area contributed by atoms with E-state index >= 15 is 0 Å². The summed E-state index contributed by atoms with van der Waals surface area (Å²) in [5.74, 6) is -0.147. The average molecular weight is 269 g/mol. The molecular weight excluding hydrogens is 252 g/mol. The molecule has 6 heteroatoms. The zero-order valence-corrected chi connectivity index (χ0v) is 11.1. The Morgan fingerprint density at radius 1 is 1.50 bits per heavy atom. The second-order valence-electron chi connectivity index (χ2n) is 5.29. The molecule has 2 saturated heterocycles. The normalized spacial score (nSPS) is 31.6. The van der Waals surface area contributed by atoms with Crippen molar-refractivity contribution < 1.29 is 4.79 Å². The molecule has 3 heterocycles. The Morgan fingerprint density at radius 2 is 2.17 bits per heavy atom. The molecule has 3 rings (SSSR count). The highest BCUT2D eigenvalue weighted by Gasteiger charge is 2.38. The van der Waals surface area contributed by atoms with E-state index in [0.29, 0.717) is 22.8 Å². The molecule has 1 aromatic heterocycles. The summed E-state index contributed by atoms with van der Waals surface area (Å²) in [7, 11) is 2.19. The predicted molar refractivity (Wildman–Crippen MR) is 68.7 cm³/mol. The number of H-pyrrole nitrogens is 1. The number of halogens is 1. The van der Waals surface area contributed by atoms with Crippen LogP contribution in [0, 0.1) is 0 Å². The van der Waals surface area contributed by atoms with E-state index in [-0.39, 0.29) is 11.9 Å². The zero-order valence-electron chi connectivity index (χ0n) is 10.3. The maximum absolute atomic E-state index is 12.0. The molecule has 1 amide bonds. The van der Waals surface area contributed by atoms with E-state index in [1.807, 2.05) is 0 Å². The van der Waals surface area contributed by atoms with Crippen molar-refractivity contribution in [2.45, 2.75) is 43.8 Å². The third-order valence-corrected chi connectivity index (χ3v) is 4.54. The molecule has 2 atom stereocenters. The Kier molecular flexibility index (Phi) is 3.03. The van der Waals surface area contributed by atoms with Gasteiger partial charge in [-0.05, 0) is 32.7 Å². The van der Waals surface area contributed by atoms with Gasteiger partial charge in [0.25, 0.3) is 5.91 Å². The fraction of sp³-hybridized carbons (Fsp3) is 0.667. The van der Waals surface area contributed by atoms with Crippen molar-refractivity contribution in [2.24, 2.45) is 0 Å². The highest BCUT2D eigenvalue weighted by Crippen LogP contribution is 2.34. The molecule has 2 unspecified atom stereocenters. The second kappa shape index (κ2) is 4.55. The van der Waals surface area contributed by atoms with Crippen molar-refractivity contribution in [1.82, 2.24) is 20.4 Å². The number of hydrogen-bond acceptors (Lipinski definition) is 3. The lowest BCUT2D eigenvalue weighted by atomic mass is 9.98. The number of nitrogens with one attached hydrogen (secondary N) is 2. The molecule has 2 fully saturated rings. The summed E-state index contributed by atoms with van der Waals surface area (Å²) in [4.78, 5) is 14.5. The number of fused-ring (bicyclic) bond motifs is 2. The van der Waals surface area contributed by atoms with Crippen LogP contribution in [-0.4, -0.2) is 46.2 Å². The van der Waals surface area contributed by atoms with E-state index < -0.39 is 0 Å². The SMILES string of the molecule is CN1C2CCC1CC(NC(=O)c1[nH]ncc1Cl)C2. The van der Waals surface area contributed by atoms with Gasteiger partial charge >= 0.3 is 0 Å². The first-order valence-corrected chi connectivity index (χ1v) is 6.74. The van der Waals surface area contributed by atoms with Gasteiger partial charge in [0, 0.05) is 18.1 Å². The minimum atomic E-state index is -0.147. The van der Waals surface area contributed by atoms with Gasteiger partial charge in [0.2, 0.25) is 0 Å². The van der Waals surface area contributed by atoms with Gasteiger partial charge in [-0.1, -0.05) is 11.6 Å². The molecular formula is C12H17ClN4O. The fourth-order valence-electron chi connectivity index (χ4n) is 3.22. The largest absolute Gasteiger partial charge is 0.348 e. The topological polar surface area (TPSA) is 61.0 Å². The van der Waals surface area contributed by atoms with Crippen molar-refractivity contribution in [3.8, 4) is 0 Å². The summed E-state index contributed by atoms with van der Waals surface area (Å²) in [5.41, 5.74) is 0.364. The Morgan fingerprint density at radius 3 is 2.72 bits per heavy atom. The van der Waals surface area contributed by atoms with Crippen molar-refractivity contribution in [3.05, 3.63) is 16.9 Å². The van der Waals surface area contributed by atoms with Gasteiger partial charge in [-0.25, -0.2) is 0 Å². The third-order valence-electron chi connectivity index (χ3n) is 4.25. The van der Waals surface area contributed by atoms with Crippen LogP contribution in [0.2, 0.25) is 5.02 Å². The number of hydrogen-bond donors (Lipinski definition) is 2. The first-order chi connectivity index (χ1) is 8.65. The number of piperidine rings is 1. The van der Waals surface area contributed by atoms with Gasteiger partial charge in [-0.2, -0.15) is 5.10 Å². The summed E-state index contributed by atoms with van der Waals surface area (Å²) in [6.45, 7) is 0. The summed E-state index contributed by atoms with van der Waals surface area (Å²) >= 11 is 5.88. The van der Waals surface area contributed by atoms with Gasteiger partial charge in [0.15, 0.2) is 0 Å². The second-order valence-corrected chi connectivity index (χ2v) is 5.69. The zero-order chi connectivity index (χ0) is 12.7. The van der Waals surface area contributed by atoms with Crippen LogP contribution in [-0.2, 0) is 0 Å². The average Bonchev–Trinajstić information content (AvgIpc) is 2.82. The molecule has 0 saturated carbocycles. The minimum Gasteiger partial charge on any atom is -0.348 e. The molecule has 18 heavy (non-hydrogen) atoms. The van der Waals surface area contributed by atoms with Crippen molar-refractivity contribution >= 4 is 17.5 Å². The van der Waals surface area contributed by atoms with Crippen LogP contribution >= 0.6 is 11.6 Å². The van der Waals surface area contributed by atoms with Gasteiger partial charge in [0.1, 0.15) is 5.69 Å². The van der Waals surface area contributed by atoms with Crippen LogP contribution in [0.3, 0.4) is 0 Å². The number of aromatic nitrogens is 2. The van der Waals surface area contributed by atoms with Crippen LogP contribution in [0.25, 0.3) is 0 Å². The van der Waals surface area contributed by atoms with Gasteiger partial charge < -0.3 is 10.2 Å². The monoisotopic (exact) mass is 268 g/mol. The molecule has 0 aromatic carbocycles. The Hall–Kier alpha value is -1.07. The van der Waals surface area contributed by atoms with Crippen molar-refractivity contribution in [1.29, 1.82) is 0 Å². The Bertz CT molecular complexity index is 447. The summed E-state index contributed by atoms with van der Waals surface area (Å²) in [5, 5.41) is 9.84. The molecule has 98 valence electrons. The molecule has 2 bridgehead atoms. The number of rotatable bonds is 2. The molecule has 5 nitrogen and oxygen atoms in total. The van der Waals surface area contributed by atoms with E-state index in [1.54, 1.807) is 0 Å². The molecule has 2 aliphatic heterocycles. The van der Waals surface area contributed by atoms with Gasteiger partial charge in [-0.3, -0.25) is 9.89 Å². The van der Waals surface area contributed by atoms with E-state index in [9.17, 15) is 4.79 Å². The van der Waals surface area contributed by atoms with Crippen LogP contribution in [0.5, 0.6) is 0 Å². The number of carbonyl (C=O) groups is 1. The quantitative estimate of drug-likeness (QED) is 0.853. The maximum Gasteiger partial charge on any atom is 0.271 e. The van der Waals surface area contributed by atoms with Crippen molar-refractivity contribution in [2.75, 3.05) is 7.05 Å². The highest BCUT2D eigenvalue weighted by molar-refractivity contribution is 6.33. The predicted octanol–water partition coefficient (Wildman–Crippen LogP) is 1.42. The van der Waals surface area contributed by atoms with Crippen LogP contribution < -0.4 is 5.32 Å². The number of aromatic amines is 1. The van der Waals surface area contributed by atoms with Crippen molar-refractivity contribution in [3.63, 3.8) is 0 Å². The van der Waals surface area contributed by atoms with Crippen LogP contribution in [0.4, 0.5) is 0 Å². The first kappa shape index (κ1) is 12.0. The lowest BCUT2D eigenvalue weighted by Crippen LogP contribution is -2.48. The van der Waals surface area contributed by atoms with Gasteiger partial charge in [-0.15, -0.1) is 0 Å². The maximum atomic E-state index is 12.0. The lowest BCUT2D eigenvalue weighted by Gasteiger charge is -2.36. The number of amides is 1. The standard InChI is InChI=1S/C12H17ClN4O/c1-17-8-2-3-9(17)5-7(4-8)15-12(18)11-10(13)6-14-16-11/h6-9H,2-5H2,1H3,(H,14,16)(H,15,18). The first-order valence-electron chi connectivity index (χ1n) is 6.37. The van der Waals surface area contributed by atoms with Crippen LogP contribution in [0.15, 0.2) is 6.20 Å². The van der Waals surface area contributed by atoms with E-state index in [2.05, 4.69) is 27.5 Å². The number of carbonyl (C=O) groups excluding carboxylic acids is 1. The molecule has 0 aliphatic carbocycles. The smallest absolute Gasteiger partial charge is 0.271 e. The lowest BCUT2D eigenvalue weighted by molar-refractivity contribution is 0.0877. The summed E-state index contributed by atoms with van der Waals surface area (Å²) in [6, 6.07) is 1.49. The Balaban J connectivity index is 1.65. The number of nitrogens with zero attached hydrogens (tertiary/aromatic N) is 2. The summed E-state index contributed by atoms with van der Waals surface area (Å²) < 4.78 is 0. The molecule has 2 N–H and O–H groups in total.